The highest BCUT2D eigenvalue weighted by Gasteiger charge is 2.38. The number of hydrogen-bond acceptors (Lipinski definition) is 13. The normalized spacial score (nSPS) is 14.3. The zero-order valence-electron chi connectivity index (χ0n) is 40.5. The minimum Gasteiger partial charge on any atom is -0.493 e. The molecule has 3 aromatic rings. The van der Waals surface area contributed by atoms with E-state index in [0.717, 1.165) is 51.4 Å². The summed E-state index contributed by atoms with van der Waals surface area (Å²) in [7, 11) is 2.26. The van der Waals surface area contributed by atoms with E-state index in [1.807, 2.05) is 24.3 Å². The Bertz CT molecular complexity index is 2330. The summed E-state index contributed by atoms with van der Waals surface area (Å²) >= 11 is 0. The third-order valence-corrected chi connectivity index (χ3v) is 12.0. The van der Waals surface area contributed by atoms with Crippen molar-refractivity contribution in [1.29, 1.82) is 0 Å². The fourth-order valence-corrected chi connectivity index (χ4v) is 7.83. The van der Waals surface area contributed by atoms with Gasteiger partial charge in [0.05, 0.1) is 27.1 Å². The molecule has 0 atom stereocenters. The van der Waals surface area contributed by atoms with Crippen LogP contribution in [0.25, 0.3) is 22.3 Å². The van der Waals surface area contributed by atoms with Crippen molar-refractivity contribution < 1.29 is 66.3 Å². The van der Waals surface area contributed by atoms with Gasteiger partial charge in [-0.05, 0) is 103 Å². The van der Waals surface area contributed by atoms with Crippen LogP contribution >= 0.6 is 0 Å². The largest absolute Gasteiger partial charge is 0.493 e. The van der Waals surface area contributed by atoms with E-state index >= 15 is 4.39 Å². The van der Waals surface area contributed by atoms with Gasteiger partial charge in [0.15, 0.2) is 0 Å². The molecule has 0 saturated heterocycles. The van der Waals surface area contributed by atoms with Crippen LogP contribution in [-0.2, 0) is 63.8 Å². The Morgan fingerprint density at radius 2 is 1.16 bits per heavy atom. The van der Waals surface area contributed by atoms with Crippen molar-refractivity contribution in [1.82, 2.24) is 0 Å². The van der Waals surface area contributed by atoms with Crippen LogP contribution < -0.4 is 4.74 Å². The second-order valence-electron chi connectivity index (χ2n) is 17.7. The van der Waals surface area contributed by atoms with Gasteiger partial charge >= 0.3 is 35.8 Å². The van der Waals surface area contributed by atoms with E-state index in [2.05, 4.69) is 42.7 Å². The average molecular weight is 953 g/mol. The van der Waals surface area contributed by atoms with Gasteiger partial charge in [-0.25, -0.2) is 23.6 Å². The summed E-state index contributed by atoms with van der Waals surface area (Å²) in [6.07, 6.45) is 8.37. The molecule has 0 bridgehead atoms. The number of rotatable bonds is 26. The second kappa shape index (κ2) is 26.6. The molecule has 0 radical (unpaired) electrons. The van der Waals surface area contributed by atoms with Gasteiger partial charge in [-0.3, -0.25) is 9.59 Å². The lowest BCUT2D eigenvalue weighted by Crippen LogP contribution is -2.44. The third kappa shape index (κ3) is 16.7. The van der Waals surface area contributed by atoms with E-state index in [9.17, 15) is 28.8 Å². The van der Waals surface area contributed by atoms with Gasteiger partial charge in [-0.15, -0.1) is 0 Å². The average Bonchev–Trinajstić information content (AvgIpc) is 3.34. The Hall–Kier alpha value is -6.83. The molecule has 3 aromatic carbocycles. The first-order chi connectivity index (χ1) is 32.9. The van der Waals surface area contributed by atoms with Crippen LogP contribution in [-0.4, -0.2) is 76.5 Å². The molecular weight excluding hydrogens is 888 g/mol. The Kier molecular flexibility index (Phi) is 21.1. The smallest absolute Gasteiger partial charge is 0.333 e. The first-order valence-corrected chi connectivity index (χ1v) is 23.0. The molecule has 0 N–H and O–H groups in total. The molecule has 69 heavy (non-hydrogen) atoms. The van der Waals surface area contributed by atoms with E-state index in [1.54, 1.807) is 43.3 Å². The minimum absolute atomic E-state index is 0.0589. The second-order valence-corrected chi connectivity index (χ2v) is 17.7. The fourth-order valence-electron chi connectivity index (χ4n) is 7.83. The maximum absolute atomic E-state index is 16.0. The molecule has 1 aliphatic carbocycles. The van der Waals surface area contributed by atoms with Crippen molar-refractivity contribution in [3.05, 3.63) is 126 Å². The lowest BCUT2D eigenvalue weighted by molar-refractivity contribution is -0.163. The zero-order chi connectivity index (χ0) is 50.7. The predicted molar refractivity (Wildman–Crippen MR) is 258 cm³/mol. The minimum atomic E-state index is -1.56. The summed E-state index contributed by atoms with van der Waals surface area (Å²) in [5.41, 5.74) is 2.38. The van der Waals surface area contributed by atoms with E-state index < -0.39 is 73.9 Å². The maximum atomic E-state index is 16.0. The van der Waals surface area contributed by atoms with Gasteiger partial charge in [0.1, 0.15) is 50.0 Å². The summed E-state index contributed by atoms with van der Waals surface area (Å²) in [4.78, 5) is 74.9. The van der Waals surface area contributed by atoms with Gasteiger partial charge in [0.2, 0.25) is 0 Å². The SMILES string of the molecule is C=C(C)C(=O)OCc1cc(-c2ccc(C3CCC(CCCCC)CC3)cc2F)ccc1-c1ccc(OCC(COC(=O)CC(=C)C(=O)OC)(COC(=O)CC(=C)C(=O)OC)COC(=O)C(=C)C)cc1. The Balaban J connectivity index is 1.61. The number of esters is 6. The van der Waals surface area contributed by atoms with Crippen LogP contribution in [0.1, 0.15) is 102 Å². The number of halogens is 1. The molecule has 1 saturated carbocycles. The number of carbonyl (C=O) groups excluding carboxylic acids is 6. The zero-order valence-corrected chi connectivity index (χ0v) is 40.5. The van der Waals surface area contributed by atoms with Crippen LogP contribution in [0.5, 0.6) is 5.75 Å². The molecule has 1 aliphatic rings. The lowest BCUT2D eigenvalue weighted by Gasteiger charge is -2.32. The van der Waals surface area contributed by atoms with Crippen molar-refractivity contribution in [3.8, 4) is 28.0 Å². The van der Waals surface area contributed by atoms with Gasteiger partial charge in [0, 0.05) is 27.9 Å². The summed E-state index contributed by atoms with van der Waals surface area (Å²) < 4.78 is 53.6. The van der Waals surface area contributed by atoms with Gasteiger partial charge in [0.25, 0.3) is 0 Å². The number of benzene rings is 3. The number of ether oxygens (including phenoxy) is 7. The van der Waals surface area contributed by atoms with E-state index in [-0.39, 0.29) is 41.3 Å². The molecule has 0 heterocycles. The van der Waals surface area contributed by atoms with Crippen molar-refractivity contribution >= 4 is 35.8 Å². The quantitative estimate of drug-likeness (QED) is 0.0323. The molecular formula is C55H65FO13. The van der Waals surface area contributed by atoms with Gasteiger partial charge in [-0.2, -0.15) is 0 Å². The first-order valence-electron chi connectivity index (χ1n) is 23.0. The van der Waals surface area contributed by atoms with Crippen LogP contribution in [0.4, 0.5) is 4.39 Å². The molecule has 0 aliphatic heterocycles. The standard InChI is InChI=1S/C55H65FO13/c1-10-11-12-13-39-14-16-40(17-15-39)42-20-25-47(48(56)29-42)43-21-24-46(44(28-43)30-65-51(59)35(2)3)41-18-22-45(23-19-41)66-31-55(34-69-52(60)36(4)5,32-67-49(57)26-37(6)53(61)63-8)33-68-50(58)27-38(7)54(62)64-9/h18-25,28-29,39-40H,2,4,6-7,10-17,26-27,30-34H2,1,3,5,8-9H3. The number of carbonyl (C=O) groups is 6. The van der Waals surface area contributed by atoms with E-state index in [4.69, 9.17) is 23.7 Å². The number of hydrogen-bond donors (Lipinski definition) is 0. The predicted octanol–water partition coefficient (Wildman–Crippen LogP) is 10.4. The van der Waals surface area contributed by atoms with Crippen molar-refractivity contribution in [2.45, 2.75) is 97.5 Å². The molecule has 13 nitrogen and oxygen atoms in total. The molecule has 0 aromatic heterocycles. The highest BCUT2D eigenvalue weighted by atomic mass is 19.1. The summed E-state index contributed by atoms with van der Waals surface area (Å²) in [6, 6.07) is 17.7. The van der Waals surface area contributed by atoms with Gasteiger partial charge in [-0.1, -0.05) is 95.3 Å². The molecule has 370 valence electrons. The van der Waals surface area contributed by atoms with Crippen LogP contribution in [0.2, 0.25) is 0 Å². The molecule has 14 heteroatoms. The van der Waals surface area contributed by atoms with E-state index in [1.165, 1.54) is 32.6 Å². The van der Waals surface area contributed by atoms with Crippen LogP contribution in [0, 0.1) is 17.2 Å². The maximum Gasteiger partial charge on any atom is 0.333 e. The van der Waals surface area contributed by atoms with Crippen LogP contribution in [0.3, 0.4) is 0 Å². The molecule has 0 amide bonds. The molecule has 1 fully saturated rings. The van der Waals surface area contributed by atoms with E-state index in [0.29, 0.717) is 39.5 Å². The molecule has 4 rings (SSSR count). The summed E-state index contributed by atoms with van der Waals surface area (Å²) in [5.74, 6) is -3.77. The Morgan fingerprint density at radius 3 is 1.70 bits per heavy atom. The lowest BCUT2D eigenvalue weighted by atomic mass is 9.77. The molecule has 0 spiro atoms. The highest BCUT2D eigenvalue weighted by molar-refractivity contribution is 5.94. The van der Waals surface area contributed by atoms with Crippen LogP contribution in [0.15, 0.2) is 109 Å². The Morgan fingerprint density at radius 1 is 0.623 bits per heavy atom. The van der Waals surface area contributed by atoms with Gasteiger partial charge < -0.3 is 33.2 Å². The number of methoxy groups -OCH3 is 2. The van der Waals surface area contributed by atoms with Crippen molar-refractivity contribution in [2.24, 2.45) is 11.3 Å². The molecule has 0 unspecified atom stereocenters. The number of unbranched alkanes of at least 4 members (excludes halogenated alkanes) is 2. The summed E-state index contributed by atoms with van der Waals surface area (Å²) in [5, 5.41) is 0. The monoisotopic (exact) mass is 952 g/mol. The topological polar surface area (TPSA) is 167 Å². The van der Waals surface area contributed by atoms with Crippen molar-refractivity contribution in [2.75, 3.05) is 40.6 Å². The highest BCUT2D eigenvalue weighted by Crippen LogP contribution is 2.40. The summed E-state index contributed by atoms with van der Waals surface area (Å²) in [6.45, 7) is 17.5. The Labute approximate surface area is 404 Å². The fraction of sp³-hybridized carbons (Fsp3) is 0.418. The first kappa shape index (κ1) is 54.8. The third-order valence-electron chi connectivity index (χ3n) is 12.0. The van der Waals surface area contributed by atoms with Crippen molar-refractivity contribution in [3.63, 3.8) is 0 Å².